The fraction of sp³-hybridized carbons (Fsp3) is 0.500. The summed E-state index contributed by atoms with van der Waals surface area (Å²) in [5, 5.41) is 12.3. The third-order valence-corrected chi connectivity index (χ3v) is 3.38. The van der Waals surface area contributed by atoms with Crippen LogP contribution in [-0.2, 0) is 19.7 Å². The Bertz CT molecular complexity index is 474. The molecule has 0 aromatic heterocycles. The van der Waals surface area contributed by atoms with Gasteiger partial charge in [0.2, 0.25) is 5.91 Å². The molecule has 116 valence electrons. The molecule has 0 spiro atoms. The number of hydrogen-bond donors (Lipinski definition) is 2. The smallest absolute Gasteiger partial charge is 0.314 e. The number of amides is 1. The third kappa shape index (κ3) is 4.86. The summed E-state index contributed by atoms with van der Waals surface area (Å²) >= 11 is 0. The molecule has 1 amide bonds. The average molecular weight is 293 g/mol. The van der Waals surface area contributed by atoms with E-state index in [0.29, 0.717) is 18.8 Å². The van der Waals surface area contributed by atoms with Gasteiger partial charge in [-0.15, -0.1) is 0 Å². The van der Waals surface area contributed by atoms with Gasteiger partial charge in [-0.3, -0.25) is 9.59 Å². The van der Waals surface area contributed by atoms with Gasteiger partial charge in [0.05, 0.1) is 12.0 Å². The van der Waals surface area contributed by atoms with Crippen molar-refractivity contribution in [1.82, 2.24) is 5.32 Å². The molecule has 21 heavy (non-hydrogen) atoms. The highest BCUT2D eigenvalue weighted by Gasteiger charge is 2.37. The summed E-state index contributed by atoms with van der Waals surface area (Å²) in [6.07, 6.45) is -0.108. The summed E-state index contributed by atoms with van der Waals surface area (Å²) in [7, 11) is 0. The molecular weight excluding hydrogens is 270 g/mol. The van der Waals surface area contributed by atoms with Gasteiger partial charge in [0.1, 0.15) is 0 Å². The highest BCUT2D eigenvalue weighted by atomic mass is 16.5. The molecular formula is C16H23NO4. The van der Waals surface area contributed by atoms with Crippen molar-refractivity contribution < 1.29 is 19.4 Å². The number of carboxylic acids is 1. The van der Waals surface area contributed by atoms with E-state index in [1.165, 1.54) is 0 Å². The Hall–Kier alpha value is -1.88. The van der Waals surface area contributed by atoms with E-state index in [1.807, 2.05) is 19.9 Å². The van der Waals surface area contributed by atoms with Gasteiger partial charge < -0.3 is 15.2 Å². The average Bonchev–Trinajstić information content (AvgIpc) is 2.45. The number of carboxylic acid groups (broad SMARTS) is 1. The lowest BCUT2D eigenvalue weighted by molar-refractivity contribution is -0.145. The first-order valence-corrected chi connectivity index (χ1v) is 7.06. The minimum Gasteiger partial charge on any atom is -0.481 e. The molecule has 0 fully saturated rings. The second-order valence-electron chi connectivity index (χ2n) is 5.31. The van der Waals surface area contributed by atoms with E-state index in [1.54, 1.807) is 31.2 Å². The van der Waals surface area contributed by atoms with Crippen LogP contribution in [0.5, 0.6) is 0 Å². The second kappa shape index (κ2) is 7.78. The molecule has 1 aromatic rings. The lowest BCUT2D eigenvalue weighted by Crippen LogP contribution is -2.42. The van der Waals surface area contributed by atoms with E-state index < -0.39 is 11.4 Å². The summed E-state index contributed by atoms with van der Waals surface area (Å²) < 4.78 is 5.23. The molecule has 5 heteroatoms. The summed E-state index contributed by atoms with van der Waals surface area (Å²) in [5.41, 5.74) is -0.624. The minimum absolute atomic E-state index is 0.108. The monoisotopic (exact) mass is 293 g/mol. The fourth-order valence-corrected chi connectivity index (χ4v) is 2.09. The van der Waals surface area contributed by atoms with Crippen LogP contribution in [0, 0.1) is 0 Å². The molecule has 2 atom stereocenters. The third-order valence-electron chi connectivity index (χ3n) is 3.38. The highest BCUT2D eigenvalue weighted by Crippen LogP contribution is 2.28. The molecule has 2 N–H and O–H groups in total. The van der Waals surface area contributed by atoms with Crippen molar-refractivity contribution in [2.45, 2.75) is 38.6 Å². The van der Waals surface area contributed by atoms with Crippen molar-refractivity contribution in [1.29, 1.82) is 0 Å². The Kier molecular flexibility index (Phi) is 6.37. The van der Waals surface area contributed by atoms with Crippen molar-refractivity contribution in [2.75, 3.05) is 13.2 Å². The number of rotatable bonds is 8. The molecule has 0 aliphatic rings. The number of carbonyl (C=O) groups excluding carboxylic acids is 1. The van der Waals surface area contributed by atoms with Crippen LogP contribution in [0.15, 0.2) is 30.3 Å². The lowest BCUT2D eigenvalue weighted by Gasteiger charge is -2.25. The number of ether oxygens (including phenoxy) is 1. The summed E-state index contributed by atoms with van der Waals surface area (Å²) in [6.45, 7) is 6.27. The van der Waals surface area contributed by atoms with Crippen LogP contribution >= 0.6 is 0 Å². The molecule has 1 rings (SSSR count). The maximum atomic E-state index is 12.1. The molecule has 0 saturated carbocycles. The molecule has 0 heterocycles. The molecule has 1 aromatic carbocycles. The van der Waals surface area contributed by atoms with Crippen LogP contribution in [0.2, 0.25) is 0 Å². The maximum Gasteiger partial charge on any atom is 0.314 e. The zero-order valence-electron chi connectivity index (χ0n) is 12.8. The van der Waals surface area contributed by atoms with Crippen LogP contribution < -0.4 is 5.32 Å². The van der Waals surface area contributed by atoms with Crippen LogP contribution in [0.25, 0.3) is 0 Å². The molecule has 0 radical (unpaired) electrons. The fourth-order valence-electron chi connectivity index (χ4n) is 2.09. The van der Waals surface area contributed by atoms with Gasteiger partial charge in [0.15, 0.2) is 0 Å². The normalized spacial score (nSPS) is 15.0. The molecule has 0 aliphatic carbocycles. The minimum atomic E-state index is -1.24. The van der Waals surface area contributed by atoms with E-state index >= 15 is 0 Å². The summed E-state index contributed by atoms with van der Waals surface area (Å²) in [5.74, 6) is -1.31. The van der Waals surface area contributed by atoms with Gasteiger partial charge in [0, 0.05) is 19.1 Å². The van der Waals surface area contributed by atoms with Crippen LogP contribution in [0.1, 0.15) is 32.8 Å². The summed E-state index contributed by atoms with van der Waals surface area (Å²) in [6, 6.07) is 8.66. The zero-order chi connectivity index (χ0) is 15.9. The first-order chi connectivity index (χ1) is 9.90. The van der Waals surface area contributed by atoms with E-state index in [9.17, 15) is 14.7 Å². The summed E-state index contributed by atoms with van der Waals surface area (Å²) in [4.78, 5) is 23.7. The van der Waals surface area contributed by atoms with Crippen molar-refractivity contribution in [2.24, 2.45) is 0 Å². The van der Waals surface area contributed by atoms with Crippen molar-refractivity contribution in [3.05, 3.63) is 35.9 Å². The standard InChI is InChI=1S/C16H23NO4/c1-4-21-11-12(2)17-14(18)10-16(3,15(19)20)13-8-6-5-7-9-13/h5-9,12H,4,10-11H2,1-3H3,(H,17,18)(H,19,20). The van der Waals surface area contributed by atoms with E-state index in [0.717, 1.165) is 0 Å². The second-order valence-corrected chi connectivity index (χ2v) is 5.31. The number of benzene rings is 1. The predicted octanol–water partition coefficient (Wildman–Crippen LogP) is 1.96. The Morgan fingerprint density at radius 3 is 2.48 bits per heavy atom. The van der Waals surface area contributed by atoms with E-state index in [4.69, 9.17) is 4.74 Å². The largest absolute Gasteiger partial charge is 0.481 e. The molecule has 0 bridgehead atoms. The first-order valence-electron chi connectivity index (χ1n) is 7.06. The predicted molar refractivity (Wildman–Crippen MR) is 80.1 cm³/mol. The van der Waals surface area contributed by atoms with Gasteiger partial charge in [0.25, 0.3) is 0 Å². The van der Waals surface area contributed by atoms with Crippen LogP contribution in [0.3, 0.4) is 0 Å². The SMILES string of the molecule is CCOCC(C)NC(=O)CC(C)(C(=O)O)c1ccccc1. The molecule has 0 aliphatic heterocycles. The Labute approximate surface area is 125 Å². The van der Waals surface area contributed by atoms with Crippen LogP contribution in [-0.4, -0.2) is 36.2 Å². The number of hydrogen-bond acceptors (Lipinski definition) is 3. The quantitative estimate of drug-likeness (QED) is 0.768. The van der Waals surface area contributed by atoms with Gasteiger partial charge in [-0.2, -0.15) is 0 Å². The van der Waals surface area contributed by atoms with Gasteiger partial charge in [-0.25, -0.2) is 0 Å². The van der Waals surface area contributed by atoms with E-state index in [2.05, 4.69) is 5.32 Å². The van der Waals surface area contributed by atoms with Gasteiger partial charge >= 0.3 is 5.97 Å². The highest BCUT2D eigenvalue weighted by molar-refractivity contribution is 5.89. The van der Waals surface area contributed by atoms with Crippen molar-refractivity contribution >= 4 is 11.9 Å². The Morgan fingerprint density at radius 1 is 1.33 bits per heavy atom. The Balaban J connectivity index is 2.75. The van der Waals surface area contributed by atoms with Gasteiger partial charge in [-0.05, 0) is 26.3 Å². The van der Waals surface area contributed by atoms with Gasteiger partial charge in [-0.1, -0.05) is 30.3 Å². The lowest BCUT2D eigenvalue weighted by atomic mass is 9.79. The van der Waals surface area contributed by atoms with Crippen molar-refractivity contribution in [3.8, 4) is 0 Å². The maximum absolute atomic E-state index is 12.1. The number of aliphatic carboxylic acids is 1. The van der Waals surface area contributed by atoms with Crippen molar-refractivity contribution in [3.63, 3.8) is 0 Å². The Morgan fingerprint density at radius 2 is 1.95 bits per heavy atom. The topological polar surface area (TPSA) is 75.6 Å². The molecule has 2 unspecified atom stereocenters. The molecule has 0 saturated heterocycles. The first kappa shape index (κ1) is 17.2. The van der Waals surface area contributed by atoms with E-state index in [-0.39, 0.29) is 18.4 Å². The number of carbonyl (C=O) groups is 2. The molecule has 5 nitrogen and oxygen atoms in total. The zero-order valence-corrected chi connectivity index (χ0v) is 12.8. The van der Waals surface area contributed by atoms with Crippen LogP contribution in [0.4, 0.5) is 0 Å². The number of nitrogens with one attached hydrogen (secondary N) is 1.